The summed E-state index contributed by atoms with van der Waals surface area (Å²) in [6, 6.07) is 47.8. The van der Waals surface area contributed by atoms with Gasteiger partial charge in [-0.3, -0.25) is 58.0 Å². The van der Waals surface area contributed by atoms with E-state index < -0.39 is 43.7 Å². The van der Waals surface area contributed by atoms with Crippen molar-refractivity contribution in [1.82, 2.24) is 38.8 Å². The molecule has 0 aliphatic carbocycles. The number of rotatable bonds is 26. The largest absolute Gasteiger partial charge is 0.377 e. The van der Waals surface area contributed by atoms with E-state index in [0.29, 0.717) is 51.0 Å². The van der Waals surface area contributed by atoms with Crippen LogP contribution in [0.3, 0.4) is 0 Å². The van der Waals surface area contributed by atoms with Crippen LogP contribution in [0.25, 0.3) is 21.5 Å². The third-order valence-corrected chi connectivity index (χ3v) is 21.1. The number of carbonyl (C=O) groups excluding carboxylic acids is 8. The van der Waals surface area contributed by atoms with Crippen LogP contribution < -0.4 is 31.9 Å². The number of benzene rings is 8. The summed E-state index contributed by atoms with van der Waals surface area (Å²) in [5.41, 5.74) is 15.7. The van der Waals surface area contributed by atoms with Crippen LogP contribution in [0.2, 0.25) is 0 Å². The van der Waals surface area contributed by atoms with E-state index in [1.54, 1.807) is 127 Å². The van der Waals surface area contributed by atoms with Gasteiger partial charge in [-0.1, -0.05) is 111 Å². The second kappa shape index (κ2) is 33.3. The van der Waals surface area contributed by atoms with Gasteiger partial charge in [0, 0.05) is 140 Å². The van der Waals surface area contributed by atoms with Gasteiger partial charge in [-0.2, -0.15) is 8.61 Å². The molecule has 8 aromatic carbocycles. The first-order chi connectivity index (χ1) is 48.0. The first-order valence-corrected chi connectivity index (χ1v) is 35.9. The molecule has 4 aliphatic rings. The predicted molar refractivity (Wildman–Crippen MR) is 386 cm³/mol. The molecule has 0 atom stereocenters. The molecule has 524 valence electrons. The monoisotopic (exact) mass is 1400 g/mol. The average molecular weight is 1400 g/mol. The van der Waals surface area contributed by atoms with Gasteiger partial charge >= 0.3 is 0 Å². The van der Waals surface area contributed by atoms with Crippen molar-refractivity contribution < 1.29 is 55.2 Å². The van der Waals surface area contributed by atoms with Crippen LogP contribution >= 0.6 is 0 Å². The van der Waals surface area contributed by atoms with Crippen molar-refractivity contribution in [3.8, 4) is 0 Å². The van der Waals surface area contributed by atoms with Gasteiger partial charge in [-0.25, -0.2) is 16.8 Å². The maximum absolute atomic E-state index is 14.3. The van der Waals surface area contributed by atoms with Gasteiger partial charge in [-0.05, 0) is 98.7 Å². The van der Waals surface area contributed by atoms with E-state index in [4.69, 9.17) is 11.5 Å². The minimum absolute atomic E-state index is 0.0402. The van der Waals surface area contributed by atoms with Crippen molar-refractivity contribution in [2.45, 2.75) is 36.5 Å². The molecule has 4 aliphatic heterocycles. The second-order valence-corrected chi connectivity index (χ2v) is 28.0. The molecule has 12 rings (SSSR count). The highest BCUT2D eigenvalue weighted by atomic mass is 32.2. The van der Waals surface area contributed by atoms with Crippen molar-refractivity contribution in [2.75, 3.05) is 130 Å². The van der Waals surface area contributed by atoms with E-state index in [1.807, 2.05) is 74.4 Å². The number of hydrogen-bond acceptors (Lipinski definition) is 18. The lowest BCUT2D eigenvalue weighted by molar-refractivity contribution is 0.0621. The highest BCUT2D eigenvalue weighted by Crippen LogP contribution is 2.35. The minimum atomic E-state index is -4.24. The molecule has 0 aromatic heterocycles. The maximum atomic E-state index is 14.3. The van der Waals surface area contributed by atoms with E-state index in [2.05, 4.69) is 24.5 Å². The fourth-order valence-corrected chi connectivity index (χ4v) is 15.5. The van der Waals surface area contributed by atoms with Crippen molar-refractivity contribution in [1.29, 1.82) is 0 Å². The number of nitrogens with zero attached hydrogens (tertiary/aromatic N) is 8. The Morgan fingerprint density at radius 1 is 0.320 bits per heavy atom. The van der Waals surface area contributed by atoms with Gasteiger partial charge in [0.2, 0.25) is 20.0 Å². The molecule has 8 aromatic rings. The molecule has 4 heterocycles. The molecule has 0 unspecified atom stereocenters. The topological polar surface area (TPSA) is 307 Å². The van der Waals surface area contributed by atoms with Crippen LogP contribution in [-0.4, -0.2) is 212 Å². The van der Waals surface area contributed by atoms with Crippen LogP contribution in [0.1, 0.15) is 110 Å². The van der Waals surface area contributed by atoms with Crippen LogP contribution in [0.15, 0.2) is 180 Å². The summed E-state index contributed by atoms with van der Waals surface area (Å²) in [5, 5.41) is 9.21. The average Bonchev–Trinajstić information content (AvgIpc) is 1.54. The summed E-state index contributed by atoms with van der Waals surface area (Å²) in [6.45, 7) is 8.08. The molecule has 6 N–H and O–H groups in total. The number of fused-ring (bicyclic) bond motifs is 6. The van der Waals surface area contributed by atoms with Crippen LogP contribution in [0.5, 0.6) is 0 Å². The lowest BCUT2D eigenvalue weighted by atomic mass is 10.1. The Morgan fingerprint density at radius 2 is 0.570 bits per heavy atom. The molecule has 8 amide bonds. The lowest BCUT2D eigenvalue weighted by Crippen LogP contribution is -2.45. The Labute approximate surface area is 583 Å². The molecular weight excluding hydrogens is 1310 g/mol. The van der Waals surface area contributed by atoms with Crippen molar-refractivity contribution in [2.24, 2.45) is 11.5 Å². The van der Waals surface area contributed by atoms with E-state index in [0.717, 1.165) is 36.3 Å². The van der Waals surface area contributed by atoms with Crippen molar-refractivity contribution in [3.63, 3.8) is 0 Å². The number of anilines is 2. The molecule has 0 saturated heterocycles. The van der Waals surface area contributed by atoms with E-state index in [9.17, 15) is 55.2 Å². The van der Waals surface area contributed by atoms with E-state index >= 15 is 0 Å². The number of sulfonamides is 2. The molecule has 0 spiro atoms. The normalized spacial score (nSPS) is 13.9. The number of carbonyl (C=O) groups is 8. The van der Waals surface area contributed by atoms with Crippen LogP contribution in [0, 0.1) is 0 Å². The molecule has 26 heteroatoms. The fourth-order valence-electron chi connectivity index (χ4n) is 12.2. The number of nitrogens with one attached hydrogen (secondary N) is 2. The second-order valence-electron chi connectivity index (χ2n) is 24.2. The highest BCUT2D eigenvalue weighted by molar-refractivity contribution is 7.89. The molecule has 0 fully saturated rings. The van der Waals surface area contributed by atoms with Crippen molar-refractivity contribution in [3.05, 3.63) is 214 Å². The number of imide groups is 4. The van der Waals surface area contributed by atoms with Gasteiger partial charge in [0.15, 0.2) is 0 Å². The van der Waals surface area contributed by atoms with Gasteiger partial charge in [0.05, 0.1) is 54.3 Å². The molecule has 0 bridgehead atoms. The van der Waals surface area contributed by atoms with Crippen LogP contribution in [0.4, 0.5) is 11.4 Å². The number of nitrogens with two attached hydrogens (primary N) is 2. The number of amides is 8. The Bertz CT molecular complexity index is 4340. The fraction of sp³-hybridized carbons (Fsp3) is 0.297. The Kier molecular flexibility index (Phi) is 24.8. The summed E-state index contributed by atoms with van der Waals surface area (Å²) in [6.07, 6.45) is 2.50. The van der Waals surface area contributed by atoms with E-state index in [-0.39, 0.29) is 116 Å². The number of hydrogen-bond donors (Lipinski definition) is 4. The van der Waals surface area contributed by atoms with Gasteiger partial charge in [-0.15, -0.1) is 0 Å². The van der Waals surface area contributed by atoms with E-state index in [1.165, 1.54) is 46.1 Å². The quantitative estimate of drug-likeness (QED) is 0.0317. The molecule has 0 saturated carbocycles. The van der Waals surface area contributed by atoms with Crippen LogP contribution in [-0.2, 0) is 20.0 Å². The van der Waals surface area contributed by atoms with Gasteiger partial charge < -0.3 is 31.9 Å². The summed E-state index contributed by atoms with van der Waals surface area (Å²) < 4.78 is 57.2. The smallest absolute Gasteiger partial charge is 0.261 e. The Morgan fingerprint density at radius 3 is 0.840 bits per heavy atom. The SMILES string of the molecule is CCCNCCC.CN(C)c1cccc2c(S(=O)(=O)N(CCN)CCN)cccc12.CN(C)c1cccc2c(S(=O)(=O)N(CCN3C(=O)c4ccccc4C3=O)CCN3C(=O)c4ccccc4C3=O)cccc12.O=C1c2ccccc2C(=O)N1CCNCCN1C(=O)c2ccccc2C1=O. The third-order valence-electron chi connectivity index (χ3n) is 17.2. The zero-order chi connectivity index (χ0) is 72.0. The zero-order valence-electron chi connectivity index (χ0n) is 56.9. The molecule has 0 radical (unpaired) electrons. The molecule has 24 nitrogen and oxygen atoms in total. The molecule has 100 heavy (non-hydrogen) atoms. The summed E-state index contributed by atoms with van der Waals surface area (Å²) in [4.78, 5) is 110. The Balaban J connectivity index is 0.000000176. The molecular formula is C74H84N12O12S2. The standard InChI is InChI=1S/C32H28N4O6S.C20H17N3O4.C16H24N4O2S.C6H15N/c1-33(2)27-15-7-14-22-21(27)13-8-16-28(22)43(41,42)34(17-19-35-29(37)23-9-3-4-10-24(23)30(35)38)18-20-36-31(39)25-11-5-6-12-26(25)32(36)40;24-17-13-5-1-2-6-14(13)18(25)22(17)11-9-21-10-12-23-19(26)15-7-3-4-8-16(15)20(23)27;1-19(2)15-7-3-6-14-13(15)5-4-8-16(14)23(21,22)20(11-9-17)12-10-18;1-3-5-7-6-4-2/h3-16H,17-20H2,1-2H3;1-8,21H,9-12H2;3-8H,9-12,17-18H2,1-2H3;7H,3-6H2,1-2H3. The predicted octanol–water partition coefficient (Wildman–Crippen LogP) is 6.87. The third kappa shape index (κ3) is 15.7. The summed E-state index contributed by atoms with van der Waals surface area (Å²) in [7, 11) is -0.275. The lowest BCUT2D eigenvalue weighted by Gasteiger charge is -2.27. The van der Waals surface area contributed by atoms with Gasteiger partial charge in [0.25, 0.3) is 47.3 Å². The Hall–Kier alpha value is -9.90. The summed E-state index contributed by atoms with van der Waals surface area (Å²) in [5.74, 6) is -3.18. The van der Waals surface area contributed by atoms with Crippen molar-refractivity contribution >= 4 is 100 Å². The first-order valence-electron chi connectivity index (χ1n) is 33.1. The summed E-state index contributed by atoms with van der Waals surface area (Å²) >= 11 is 0. The van der Waals surface area contributed by atoms with Gasteiger partial charge in [0.1, 0.15) is 0 Å². The zero-order valence-corrected chi connectivity index (χ0v) is 58.6. The maximum Gasteiger partial charge on any atom is 0.261 e. The minimum Gasteiger partial charge on any atom is -0.377 e. The first kappa shape index (κ1) is 74.3. The highest BCUT2D eigenvalue weighted by Gasteiger charge is 2.40.